The van der Waals surface area contributed by atoms with Gasteiger partial charge in [-0.25, -0.2) is 4.98 Å². The molecule has 2 saturated heterocycles. The van der Waals surface area contributed by atoms with E-state index in [0.717, 1.165) is 24.5 Å². The average molecular weight is 233 g/mol. The standard InChI is InChI=1S/C13H19N3O/c1-9(14)10-2-5-13(15-6-10)16-7-11-3-4-12(8-16)17-11/h2,5-6,9,11-12H,3-4,7-8,14H2,1H3/t9-,11?,12?/m0/s1. The van der Waals surface area contributed by atoms with Gasteiger partial charge in [0.05, 0.1) is 12.2 Å². The molecule has 4 heteroatoms. The number of rotatable bonds is 2. The number of hydrogen-bond donors (Lipinski definition) is 1. The number of nitrogens with zero attached hydrogens (tertiary/aromatic N) is 2. The molecule has 0 radical (unpaired) electrons. The first-order valence-corrected chi connectivity index (χ1v) is 6.34. The lowest BCUT2D eigenvalue weighted by atomic mass is 10.1. The molecular weight excluding hydrogens is 214 g/mol. The third-order valence-corrected chi connectivity index (χ3v) is 3.66. The molecule has 2 fully saturated rings. The fourth-order valence-corrected chi connectivity index (χ4v) is 2.66. The van der Waals surface area contributed by atoms with Gasteiger partial charge in [-0.2, -0.15) is 0 Å². The molecule has 3 atom stereocenters. The van der Waals surface area contributed by atoms with Crippen LogP contribution in [0.4, 0.5) is 5.82 Å². The van der Waals surface area contributed by atoms with Crippen molar-refractivity contribution in [3.05, 3.63) is 23.9 Å². The summed E-state index contributed by atoms with van der Waals surface area (Å²) in [6, 6.07) is 4.20. The van der Waals surface area contributed by atoms with Gasteiger partial charge in [-0.15, -0.1) is 0 Å². The Morgan fingerprint density at radius 3 is 2.59 bits per heavy atom. The van der Waals surface area contributed by atoms with Crippen LogP contribution in [0.1, 0.15) is 31.4 Å². The van der Waals surface area contributed by atoms with Crippen LogP contribution in [0, 0.1) is 0 Å². The Labute approximate surface area is 102 Å². The van der Waals surface area contributed by atoms with E-state index >= 15 is 0 Å². The summed E-state index contributed by atoms with van der Waals surface area (Å²) in [5.41, 5.74) is 6.91. The smallest absolute Gasteiger partial charge is 0.128 e. The SMILES string of the molecule is C[C@H](N)c1ccc(N2CC3CCC(C2)O3)nc1. The molecule has 0 aromatic carbocycles. The molecule has 2 N–H and O–H groups in total. The van der Waals surface area contributed by atoms with Crippen LogP contribution in [0.2, 0.25) is 0 Å². The second kappa shape index (κ2) is 4.27. The van der Waals surface area contributed by atoms with Crippen LogP contribution in [0.3, 0.4) is 0 Å². The highest BCUT2D eigenvalue weighted by Crippen LogP contribution is 2.28. The van der Waals surface area contributed by atoms with Gasteiger partial charge < -0.3 is 15.4 Å². The highest BCUT2D eigenvalue weighted by atomic mass is 16.5. The van der Waals surface area contributed by atoms with Gasteiger partial charge in [0.15, 0.2) is 0 Å². The predicted molar refractivity (Wildman–Crippen MR) is 66.9 cm³/mol. The number of fused-ring (bicyclic) bond motifs is 2. The van der Waals surface area contributed by atoms with Crippen molar-refractivity contribution >= 4 is 5.82 Å². The molecule has 0 aliphatic carbocycles. The zero-order chi connectivity index (χ0) is 11.8. The molecule has 0 spiro atoms. The molecule has 0 saturated carbocycles. The summed E-state index contributed by atoms with van der Waals surface area (Å²) in [6.07, 6.45) is 5.09. The van der Waals surface area contributed by atoms with E-state index < -0.39 is 0 Å². The van der Waals surface area contributed by atoms with Crippen molar-refractivity contribution < 1.29 is 4.74 Å². The number of morpholine rings is 1. The maximum Gasteiger partial charge on any atom is 0.128 e. The minimum atomic E-state index is 0.0532. The largest absolute Gasteiger partial charge is 0.371 e. The van der Waals surface area contributed by atoms with Crippen LogP contribution in [0.25, 0.3) is 0 Å². The number of aromatic nitrogens is 1. The molecule has 92 valence electrons. The summed E-state index contributed by atoms with van der Waals surface area (Å²) in [5, 5.41) is 0. The number of hydrogen-bond acceptors (Lipinski definition) is 4. The minimum absolute atomic E-state index is 0.0532. The lowest BCUT2D eigenvalue weighted by Crippen LogP contribution is -2.43. The Balaban J connectivity index is 1.75. The monoisotopic (exact) mass is 233 g/mol. The summed E-state index contributed by atoms with van der Waals surface area (Å²) >= 11 is 0. The van der Waals surface area contributed by atoms with Crippen LogP contribution in [0.5, 0.6) is 0 Å². The molecule has 1 aromatic heterocycles. The predicted octanol–water partition coefficient (Wildman–Crippen LogP) is 1.47. The third kappa shape index (κ3) is 2.15. The summed E-state index contributed by atoms with van der Waals surface area (Å²) in [7, 11) is 0. The van der Waals surface area contributed by atoms with Crippen LogP contribution in [-0.4, -0.2) is 30.3 Å². The second-order valence-corrected chi connectivity index (χ2v) is 5.10. The van der Waals surface area contributed by atoms with Gasteiger partial charge in [0, 0.05) is 25.3 Å². The van der Waals surface area contributed by atoms with E-state index in [1.54, 1.807) is 0 Å². The quantitative estimate of drug-likeness (QED) is 0.840. The van der Waals surface area contributed by atoms with E-state index in [0.29, 0.717) is 12.2 Å². The molecule has 1 aromatic rings. The van der Waals surface area contributed by atoms with Crippen molar-refractivity contribution in [2.75, 3.05) is 18.0 Å². The zero-order valence-electron chi connectivity index (χ0n) is 10.2. The third-order valence-electron chi connectivity index (χ3n) is 3.66. The highest BCUT2D eigenvalue weighted by molar-refractivity contribution is 5.41. The van der Waals surface area contributed by atoms with Gasteiger partial charge in [0.2, 0.25) is 0 Å². The number of nitrogens with two attached hydrogens (primary N) is 1. The Kier molecular flexibility index (Phi) is 2.76. The molecule has 4 nitrogen and oxygen atoms in total. The van der Waals surface area contributed by atoms with Crippen LogP contribution < -0.4 is 10.6 Å². The number of pyridine rings is 1. The molecule has 3 heterocycles. The van der Waals surface area contributed by atoms with Gasteiger partial charge in [-0.3, -0.25) is 0 Å². The molecule has 2 bridgehead atoms. The Hall–Kier alpha value is -1.13. The molecule has 2 aliphatic heterocycles. The highest BCUT2D eigenvalue weighted by Gasteiger charge is 2.34. The minimum Gasteiger partial charge on any atom is -0.371 e. The lowest BCUT2D eigenvalue weighted by molar-refractivity contribution is 0.0302. The van der Waals surface area contributed by atoms with E-state index in [1.165, 1.54) is 12.8 Å². The van der Waals surface area contributed by atoms with Gasteiger partial charge >= 0.3 is 0 Å². The number of anilines is 1. The van der Waals surface area contributed by atoms with Crippen molar-refractivity contribution in [2.45, 2.75) is 38.0 Å². The molecule has 2 unspecified atom stereocenters. The molecule has 3 rings (SSSR count). The molecule has 17 heavy (non-hydrogen) atoms. The van der Waals surface area contributed by atoms with Gasteiger partial charge in [0.1, 0.15) is 5.82 Å². The maximum atomic E-state index is 5.82. The van der Waals surface area contributed by atoms with Crippen molar-refractivity contribution in [3.8, 4) is 0 Å². The van der Waals surface area contributed by atoms with E-state index in [4.69, 9.17) is 10.5 Å². The lowest BCUT2D eigenvalue weighted by Gasteiger charge is -2.33. The van der Waals surface area contributed by atoms with Gasteiger partial charge in [0.25, 0.3) is 0 Å². The van der Waals surface area contributed by atoms with Crippen molar-refractivity contribution in [3.63, 3.8) is 0 Å². The fraction of sp³-hybridized carbons (Fsp3) is 0.615. The second-order valence-electron chi connectivity index (χ2n) is 5.10. The van der Waals surface area contributed by atoms with Crippen molar-refractivity contribution in [1.29, 1.82) is 0 Å². The van der Waals surface area contributed by atoms with Crippen LogP contribution in [-0.2, 0) is 4.74 Å². The Bertz CT molecular complexity index is 378. The van der Waals surface area contributed by atoms with E-state index in [1.807, 2.05) is 13.1 Å². The Morgan fingerprint density at radius 2 is 2.06 bits per heavy atom. The van der Waals surface area contributed by atoms with E-state index in [-0.39, 0.29) is 6.04 Å². The van der Waals surface area contributed by atoms with E-state index in [9.17, 15) is 0 Å². The average Bonchev–Trinajstić information content (AvgIpc) is 2.68. The fourth-order valence-electron chi connectivity index (χ4n) is 2.66. The first kappa shape index (κ1) is 11.0. The van der Waals surface area contributed by atoms with Gasteiger partial charge in [-0.05, 0) is 31.4 Å². The summed E-state index contributed by atoms with van der Waals surface area (Å²) < 4.78 is 5.82. The molecule has 2 aliphatic rings. The van der Waals surface area contributed by atoms with Crippen LogP contribution in [0.15, 0.2) is 18.3 Å². The zero-order valence-corrected chi connectivity index (χ0v) is 10.2. The summed E-state index contributed by atoms with van der Waals surface area (Å²) in [4.78, 5) is 6.84. The normalized spacial score (nSPS) is 29.4. The first-order chi connectivity index (χ1) is 8.22. The van der Waals surface area contributed by atoms with Crippen molar-refractivity contribution in [1.82, 2.24) is 4.98 Å². The van der Waals surface area contributed by atoms with E-state index in [2.05, 4.69) is 22.0 Å². The first-order valence-electron chi connectivity index (χ1n) is 6.34. The van der Waals surface area contributed by atoms with Crippen molar-refractivity contribution in [2.24, 2.45) is 5.73 Å². The maximum absolute atomic E-state index is 5.82. The van der Waals surface area contributed by atoms with Gasteiger partial charge in [-0.1, -0.05) is 6.07 Å². The van der Waals surface area contributed by atoms with Crippen LogP contribution >= 0.6 is 0 Å². The molecule has 0 amide bonds. The Morgan fingerprint density at radius 1 is 1.35 bits per heavy atom. The summed E-state index contributed by atoms with van der Waals surface area (Å²) in [6.45, 7) is 3.92. The summed E-state index contributed by atoms with van der Waals surface area (Å²) in [5.74, 6) is 1.05. The number of ether oxygens (including phenoxy) is 1. The topological polar surface area (TPSA) is 51.4 Å². The molecular formula is C13H19N3O.